The number of benzene rings is 1. The van der Waals surface area contributed by atoms with Gasteiger partial charge < -0.3 is 5.32 Å². The quantitative estimate of drug-likeness (QED) is 0.833. The summed E-state index contributed by atoms with van der Waals surface area (Å²) < 4.78 is 0. The van der Waals surface area contributed by atoms with Crippen LogP contribution in [0.3, 0.4) is 0 Å². The van der Waals surface area contributed by atoms with E-state index in [-0.39, 0.29) is 5.91 Å². The van der Waals surface area contributed by atoms with Crippen molar-refractivity contribution in [3.05, 3.63) is 35.4 Å². The Hall–Kier alpha value is -2.17. The van der Waals surface area contributed by atoms with E-state index in [0.717, 1.165) is 4.90 Å². The lowest BCUT2D eigenvalue weighted by Crippen LogP contribution is -2.52. The van der Waals surface area contributed by atoms with Gasteiger partial charge in [-0.2, -0.15) is 0 Å². The normalized spacial score (nSPS) is 16.1. The fraction of sp³-hybridized carbons (Fsp3) is 0.400. The van der Waals surface area contributed by atoms with Crippen LogP contribution in [0, 0.1) is 0 Å². The van der Waals surface area contributed by atoms with Gasteiger partial charge in [0.05, 0.1) is 11.1 Å². The van der Waals surface area contributed by atoms with Crippen molar-refractivity contribution in [2.75, 3.05) is 0 Å². The number of rotatable bonds is 2. The van der Waals surface area contributed by atoms with Gasteiger partial charge in [0.2, 0.25) is 5.91 Å². The molecule has 0 fully saturated rings. The van der Waals surface area contributed by atoms with Crippen LogP contribution in [0.1, 0.15) is 48.4 Å². The SMILES string of the molecule is C[C@@H](C(=O)NC(C)(C)C)N1C(=O)c2ccccc2C1=O. The van der Waals surface area contributed by atoms with Gasteiger partial charge in [0.15, 0.2) is 0 Å². The van der Waals surface area contributed by atoms with Crippen LogP contribution in [0.5, 0.6) is 0 Å². The molecule has 1 aromatic rings. The highest BCUT2D eigenvalue weighted by atomic mass is 16.2. The molecule has 5 heteroatoms. The van der Waals surface area contributed by atoms with Crippen LogP contribution in [0.4, 0.5) is 0 Å². The van der Waals surface area contributed by atoms with E-state index < -0.39 is 23.4 Å². The maximum Gasteiger partial charge on any atom is 0.262 e. The maximum atomic E-state index is 12.2. The molecule has 0 saturated heterocycles. The summed E-state index contributed by atoms with van der Waals surface area (Å²) in [5, 5.41) is 2.78. The van der Waals surface area contributed by atoms with E-state index in [9.17, 15) is 14.4 Å². The predicted octanol–water partition coefficient (Wildman–Crippen LogP) is 1.59. The molecule has 5 nitrogen and oxygen atoms in total. The van der Waals surface area contributed by atoms with Gasteiger partial charge in [-0.3, -0.25) is 19.3 Å². The van der Waals surface area contributed by atoms with E-state index in [1.807, 2.05) is 20.8 Å². The minimum atomic E-state index is -0.832. The Morgan fingerprint density at radius 2 is 1.55 bits per heavy atom. The van der Waals surface area contributed by atoms with Gasteiger partial charge in [-0.15, -0.1) is 0 Å². The molecule has 2 rings (SSSR count). The van der Waals surface area contributed by atoms with Crippen molar-refractivity contribution < 1.29 is 14.4 Å². The molecular formula is C15H18N2O3. The molecule has 1 aliphatic rings. The lowest BCUT2D eigenvalue weighted by atomic mass is 10.1. The molecule has 0 unspecified atom stereocenters. The average molecular weight is 274 g/mol. The van der Waals surface area contributed by atoms with Crippen molar-refractivity contribution in [1.82, 2.24) is 10.2 Å². The van der Waals surface area contributed by atoms with E-state index in [1.54, 1.807) is 31.2 Å². The molecule has 0 aromatic heterocycles. The first kappa shape index (κ1) is 14.2. The molecule has 106 valence electrons. The molecule has 1 aliphatic heterocycles. The van der Waals surface area contributed by atoms with E-state index in [1.165, 1.54) is 0 Å². The second-order valence-corrected chi connectivity index (χ2v) is 5.94. The first-order valence-corrected chi connectivity index (χ1v) is 6.51. The third kappa shape index (κ3) is 2.43. The zero-order valence-corrected chi connectivity index (χ0v) is 12.1. The first-order valence-electron chi connectivity index (χ1n) is 6.51. The number of carbonyl (C=O) groups excluding carboxylic acids is 3. The minimum Gasteiger partial charge on any atom is -0.350 e. The monoisotopic (exact) mass is 274 g/mol. The summed E-state index contributed by atoms with van der Waals surface area (Å²) in [5.41, 5.74) is 0.296. The van der Waals surface area contributed by atoms with Crippen molar-refractivity contribution in [2.24, 2.45) is 0 Å². The lowest BCUT2D eigenvalue weighted by molar-refractivity contribution is -0.125. The fourth-order valence-corrected chi connectivity index (χ4v) is 2.15. The predicted molar refractivity (Wildman–Crippen MR) is 74.3 cm³/mol. The molecule has 1 aromatic carbocycles. The van der Waals surface area contributed by atoms with Crippen LogP contribution < -0.4 is 5.32 Å². The molecular weight excluding hydrogens is 256 g/mol. The Bertz CT molecular complexity index is 552. The number of nitrogens with zero attached hydrogens (tertiary/aromatic N) is 1. The number of carbonyl (C=O) groups is 3. The Kier molecular flexibility index (Phi) is 3.38. The smallest absolute Gasteiger partial charge is 0.262 e. The number of hydrogen-bond acceptors (Lipinski definition) is 3. The van der Waals surface area contributed by atoms with E-state index in [0.29, 0.717) is 11.1 Å². The third-order valence-electron chi connectivity index (χ3n) is 3.09. The highest BCUT2D eigenvalue weighted by Crippen LogP contribution is 2.24. The molecule has 0 bridgehead atoms. The summed E-state index contributed by atoms with van der Waals surface area (Å²) in [6.07, 6.45) is 0. The number of nitrogens with one attached hydrogen (secondary N) is 1. The molecule has 0 aliphatic carbocycles. The maximum absolute atomic E-state index is 12.2. The van der Waals surface area contributed by atoms with E-state index in [2.05, 4.69) is 5.32 Å². The summed E-state index contributed by atoms with van der Waals surface area (Å²) in [7, 11) is 0. The Morgan fingerprint density at radius 3 is 1.95 bits per heavy atom. The molecule has 1 N–H and O–H groups in total. The number of fused-ring (bicyclic) bond motifs is 1. The lowest BCUT2D eigenvalue weighted by Gasteiger charge is -2.27. The molecule has 1 heterocycles. The number of hydrogen-bond donors (Lipinski definition) is 1. The van der Waals surface area contributed by atoms with Crippen molar-refractivity contribution in [1.29, 1.82) is 0 Å². The summed E-state index contributed by atoms with van der Waals surface area (Å²) >= 11 is 0. The molecule has 1 atom stereocenters. The van der Waals surface area contributed by atoms with Crippen LogP contribution in [-0.4, -0.2) is 34.2 Å². The number of amides is 3. The van der Waals surface area contributed by atoms with Gasteiger partial charge in [0.1, 0.15) is 6.04 Å². The zero-order chi connectivity index (χ0) is 15.1. The summed E-state index contributed by atoms with van der Waals surface area (Å²) in [6, 6.07) is 5.77. The molecule has 0 radical (unpaired) electrons. The van der Waals surface area contributed by atoms with Crippen molar-refractivity contribution in [3.8, 4) is 0 Å². The van der Waals surface area contributed by atoms with Crippen molar-refractivity contribution in [2.45, 2.75) is 39.3 Å². The van der Waals surface area contributed by atoms with Gasteiger partial charge in [-0.1, -0.05) is 12.1 Å². The first-order chi connectivity index (χ1) is 9.22. The molecule has 0 saturated carbocycles. The molecule has 0 spiro atoms. The van der Waals surface area contributed by atoms with E-state index in [4.69, 9.17) is 0 Å². The Labute approximate surface area is 118 Å². The van der Waals surface area contributed by atoms with Gasteiger partial charge in [0.25, 0.3) is 11.8 Å². The summed E-state index contributed by atoms with van der Waals surface area (Å²) in [4.78, 5) is 37.6. The zero-order valence-electron chi connectivity index (χ0n) is 12.1. The molecule has 20 heavy (non-hydrogen) atoms. The van der Waals surface area contributed by atoms with Crippen LogP contribution >= 0.6 is 0 Å². The van der Waals surface area contributed by atoms with Gasteiger partial charge in [-0.05, 0) is 39.8 Å². The van der Waals surface area contributed by atoms with E-state index >= 15 is 0 Å². The number of imide groups is 1. The van der Waals surface area contributed by atoms with Gasteiger partial charge in [0, 0.05) is 5.54 Å². The van der Waals surface area contributed by atoms with Crippen LogP contribution in [0.2, 0.25) is 0 Å². The second-order valence-electron chi connectivity index (χ2n) is 5.94. The topological polar surface area (TPSA) is 66.5 Å². The highest BCUT2D eigenvalue weighted by Gasteiger charge is 2.40. The third-order valence-corrected chi connectivity index (χ3v) is 3.09. The summed E-state index contributed by atoms with van der Waals surface area (Å²) in [6.45, 7) is 7.10. The molecule has 3 amide bonds. The van der Waals surface area contributed by atoms with Gasteiger partial charge in [-0.25, -0.2) is 0 Å². The largest absolute Gasteiger partial charge is 0.350 e. The minimum absolute atomic E-state index is 0.341. The van der Waals surface area contributed by atoms with Crippen LogP contribution in [-0.2, 0) is 4.79 Å². The Morgan fingerprint density at radius 1 is 1.10 bits per heavy atom. The standard InChI is InChI=1S/C15H18N2O3/c1-9(12(18)16-15(2,3)4)17-13(19)10-7-5-6-8-11(10)14(17)20/h5-9H,1-4H3,(H,16,18)/t9-/m0/s1. The van der Waals surface area contributed by atoms with Crippen LogP contribution in [0.25, 0.3) is 0 Å². The fourth-order valence-electron chi connectivity index (χ4n) is 2.15. The Balaban J connectivity index is 2.25. The van der Waals surface area contributed by atoms with Crippen LogP contribution in [0.15, 0.2) is 24.3 Å². The summed E-state index contributed by atoms with van der Waals surface area (Å²) in [5.74, 6) is -1.17. The highest BCUT2D eigenvalue weighted by molar-refractivity contribution is 6.22. The van der Waals surface area contributed by atoms with Gasteiger partial charge >= 0.3 is 0 Å². The average Bonchev–Trinajstić information content (AvgIpc) is 2.60. The van der Waals surface area contributed by atoms with Crippen molar-refractivity contribution >= 4 is 17.7 Å². The second kappa shape index (κ2) is 4.74. The van der Waals surface area contributed by atoms with Crippen molar-refractivity contribution in [3.63, 3.8) is 0 Å².